The van der Waals surface area contributed by atoms with Gasteiger partial charge in [0.2, 0.25) is 0 Å². The molecule has 0 N–H and O–H groups in total. The molecule has 20 nitrogen and oxygen atoms in total. The molecule has 0 amide bonds. The van der Waals surface area contributed by atoms with Crippen molar-refractivity contribution in [2.24, 2.45) is 29.6 Å². The van der Waals surface area contributed by atoms with Crippen molar-refractivity contribution in [3.8, 4) is 0 Å². The second-order valence-electron chi connectivity index (χ2n) is 13.6. The van der Waals surface area contributed by atoms with Crippen molar-refractivity contribution in [1.29, 1.82) is 0 Å². The van der Waals surface area contributed by atoms with E-state index in [4.69, 9.17) is 0 Å². The maximum absolute atomic E-state index is 10.4. The fourth-order valence-electron chi connectivity index (χ4n) is 4.10. The minimum Gasteiger partial charge on any atom is -0.314 e. The molecule has 0 bridgehead atoms. The quantitative estimate of drug-likeness (QED) is 0.0434. The zero-order valence-electron chi connectivity index (χ0n) is 32.3. The Bertz CT molecular complexity index is 896. The first-order valence-electron chi connectivity index (χ1n) is 17.6. The summed E-state index contributed by atoms with van der Waals surface area (Å²) in [5.74, 6) is 2.24. The van der Waals surface area contributed by atoms with Crippen molar-refractivity contribution in [3.63, 3.8) is 0 Å². The summed E-state index contributed by atoms with van der Waals surface area (Å²) < 4.78 is 0. The second kappa shape index (κ2) is 35.8. The SMILES string of the molecule is CC(C)CCC(C)C(O[N+](=O)[O-])C(C)O[N+](=O)[O-].CC(C)CCCCCO[N+](=O)[O-].CC(C)CCCCO[N+](=O)[O-].CC(C)CCCO[N+](=O)[O-]. The molecule has 0 saturated heterocycles. The van der Waals surface area contributed by atoms with Crippen molar-refractivity contribution in [2.45, 2.75) is 152 Å². The van der Waals surface area contributed by atoms with Crippen molar-refractivity contribution < 1.29 is 49.6 Å². The van der Waals surface area contributed by atoms with Gasteiger partial charge >= 0.3 is 0 Å². The predicted molar refractivity (Wildman–Crippen MR) is 188 cm³/mol. The fraction of sp³-hybridized carbons (Fsp3) is 1.00. The molecular weight excluding hydrogens is 682 g/mol. The van der Waals surface area contributed by atoms with Gasteiger partial charge in [-0.15, -0.1) is 50.6 Å². The van der Waals surface area contributed by atoms with E-state index < -0.39 is 37.6 Å². The van der Waals surface area contributed by atoms with E-state index in [0.717, 1.165) is 63.7 Å². The smallest absolute Gasteiger partial charge is 0.294 e. The fourth-order valence-corrected chi connectivity index (χ4v) is 4.10. The summed E-state index contributed by atoms with van der Waals surface area (Å²) in [6.07, 6.45) is 8.40. The van der Waals surface area contributed by atoms with E-state index in [1.807, 2.05) is 13.8 Å². The van der Waals surface area contributed by atoms with Crippen LogP contribution in [-0.4, -0.2) is 57.5 Å². The van der Waals surface area contributed by atoms with Gasteiger partial charge in [-0.25, -0.2) is 0 Å². The highest BCUT2D eigenvalue weighted by Crippen LogP contribution is 2.21. The molecule has 0 fully saturated rings. The minimum absolute atomic E-state index is 0.201. The van der Waals surface area contributed by atoms with E-state index in [2.05, 4.69) is 65.7 Å². The van der Waals surface area contributed by atoms with Crippen LogP contribution in [0.4, 0.5) is 0 Å². The third kappa shape index (κ3) is 53.0. The monoisotopic (exact) mass is 747 g/mol. The Balaban J connectivity index is -0.000000298. The van der Waals surface area contributed by atoms with E-state index in [-0.39, 0.29) is 25.7 Å². The molecule has 0 aliphatic heterocycles. The largest absolute Gasteiger partial charge is 0.314 e. The third-order valence-corrected chi connectivity index (χ3v) is 6.80. The summed E-state index contributed by atoms with van der Waals surface area (Å²) in [5, 5.41) is 45.6. The van der Waals surface area contributed by atoms with Gasteiger partial charge in [-0.3, -0.25) is 0 Å². The van der Waals surface area contributed by atoms with E-state index in [1.54, 1.807) is 6.92 Å². The van der Waals surface area contributed by atoms with Crippen molar-refractivity contribution in [3.05, 3.63) is 50.6 Å². The summed E-state index contributed by atoms with van der Waals surface area (Å²) >= 11 is 0. The molecule has 0 radical (unpaired) electrons. The van der Waals surface area contributed by atoms with Crippen LogP contribution in [0.15, 0.2) is 0 Å². The molecule has 0 spiro atoms. The van der Waals surface area contributed by atoms with Crippen LogP contribution in [0.2, 0.25) is 0 Å². The van der Waals surface area contributed by atoms with Gasteiger partial charge in [0.05, 0.1) is 19.8 Å². The van der Waals surface area contributed by atoms with Crippen LogP contribution in [0.1, 0.15) is 140 Å². The Kier molecular flexibility index (Phi) is 37.8. The molecule has 304 valence electrons. The Morgan fingerprint density at radius 2 is 0.725 bits per heavy atom. The standard InChI is InChI=1S/C10H20N2O6.C8H17NO3.C7H15NO3.C6H13NO3/c1-7(2)5-6-8(3)10(18-12(15)16)9(4)17-11(13)14;1-8(2)6-4-3-5-7-12-9(10)11;1-7(2)5-3-4-6-11-8(9)10;1-6(2)4-3-5-10-7(8)9/h7-10H,5-6H2,1-4H3;8H,3-7H2,1-2H3;7H,3-6H2,1-2H3;6H,3-5H2,1-2H3. The number of rotatable bonds is 27. The van der Waals surface area contributed by atoms with Crippen molar-refractivity contribution in [2.75, 3.05) is 19.8 Å². The van der Waals surface area contributed by atoms with Crippen molar-refractivity contribution in [1.82, 2.24) is 0 Å². The van der Waals surface area contributed by atoms with Crippen LogP contribution in [0.5, 0.6) is 0 Å². The molecule has 0 rings (SSSR count). The molecule has 3 unspecified atom stereocenters. The maximum Gasteiger partial charge on any atom is 0.294 e. The normalized spacial score (nSPS) is 12.1. The Hall–Kier alpha value is -4.00. The summed E-state index contributed by atoms with van der Waals surface area (Å²) in [6, 6.07) is 0. The van der Waals surface area contributed by atoms with Crippen LogP contribution in [-0.2, 0) is 24.2 Å². The summed E-state index contributed by atoms with van der Waals surface area (Å²) in [6.45, 7) is 20.7. The molecule has 0 aliphatic rings. The predicted octanol–water partition coefficient (Wildman–Crippen LogP) is 8.30. The first-order chi connectivity index (χ1) is 23.6. The molecule has 20 heteroatoms. The summed E-state index contributed by atoms with van der Waals surface area (Å²) in [7, 11) is 0. The maximum atomic E-state index is 10.4. The van der Waals surface area contributed by atoms with E-state index in [1.165, 1.54) is 13.3 Å². The number of unbranched alkanes of at least 4 members (excludes halogenated alkanes) is 3. The van der Waals surface area contributed by atoms with Crippen molar-refractivity contribution >= 4 is 0 Å². The van der Waals surface area contributed by atoms with E-state index in [0.29, 0.717) is 24.2 Å². The molecule has 3 atom stereocenters. The van der Waals surface area contributed by atoms with Crippen LogP contribution < -0.4 is 0 Å². The van der Waals surface area contributed by atoms with Gasteiger partial charge < -0.3 is 24.2 Å². The Morgan fingerprint density at radius 1 is 0.392 bits per heavy atom. The summed E-state index contributed by atoms with van der Waals surface area (Å²) in [4.78, 5) is 70.9. The molecule has 0 aromatic carbocycles. The zero-order chi connectivity index (χ0) is 40.4. The topological polar surface area (TPSA) is 262 Å². The van der Waals surface area contributed by atoms with Gasteiger partial charge in [-0.2, -0.15) is 0 Å². The molecule has 0 heterocycles. The lowest BCUT2D eigenvalue weighted by atomic mass is 9.92. The molecule has 0 saturated carbocycles. The second-order valence-corrected chi connectivity index (χ2v) is 13.6. The lowest BCUT2D eigenvalue weighted by Gasteiger charge is -2.26. The Morgan fingerprint density at radius 3 is 1.08 bits per heavy atom. The summed E-state index contributed by atoms with van der Waals surface area (Å²) in [5.41, 5.74) is 0. The zero-order valence-corrected chi connectivity index (χ0v) is 32.3. The molecular formula is C31H65N5O15. The molecule has 0 aliphatic carbocycles. The highest BCUT2D eigenvalue weighted by Gasteiger charge is 2.30. The minimum atomic E-state index is -0.979. The average Bonchev–Trinajstić information content (AvgIpc) is 2.98. The lowest BCUT2D eigenvalue weighted by molar-refractivity contribution is -0.799. The third-order valence-electron chi connectivity index (χ3n) is 6.80. The highest BCUT2D eigenvalue weighted by atomic mass is 17.0. The number of hydrogen-bond donors (Lipinski definition) is 0. The van der Waals surface area contributed by atoms with Gasteiger partial charge in [0.1, 0.15) is 12.2 Å². The number of nitrogens with zero attached hydrogens (tertiary/aromatic N) is 5. The van der Waals surface area contributed by atoms with Crippen LogP contribution in [0, 0.1) is 80.2 Å². The Labute approximate surface area is 301 Å². The highest BCUT2D eigenvalue weighted by molar-refractivity contribution is 4.72. The van der Waals surface area contributed by atoms with Gasteiger partial charge in [0, 0.05) is 0 Å². The van der Waals surface area contributed by atoms with E-state index >= 15 is 0 Å². The molecule has 0 aromatic rings. The van der Waals surface area contributed by atoms with Gasteiger partial charge in [-0.1, -0.05) is 101 Å². The lowest BCUT2D eigenvalue weighted by Crippen LogP contribution is -2.38. The average molecular weight is 748 g/mol. The first-order valence-corrected chi connectivity index (χ1v) is 17.6. The van der Waals surface area contributed by atoms with Gasteiger partial charge in [0.25, 0.3) is 25.4 Å². The first kappa shape index (κ1) is 53.8. The molecule has 51 heavy (non-hydrogen) atoms. The van der Waals surface area contributed by atoms with Crippen LogP contribution in [0.3, 0.4) is 0 Å². The van der Waals surface area contributed by atoms with Crippen LogP contribution in [0.25, 0.3) is 0 Å². The van der Waals surface area contributed by atoms with Gasteiger partial charge in [0.15, 0.2) is 0 Å². The number of hydrogen-bond acceptors (Lipinski definition) is 15. The molecule has 0 aromatic heterocycles. The van der Waals surface area contributed by atoms with E-state index in [9.17, 15) is 50.6 Å². The van der Waals surface area contributed by atoms with Crippen LogP contribution >= 0.6 is 0 Å². The van der Waals surface area contributed by atoms with Gasteiger partial charge in [-0.05, 0) is 68.6 Å².